The van der Waals surface area contributed by atoms with E-state index in [2.05, 4.69) is 0 Å². The highest BCUT2D eigenvalue weighted by Crippen LogP contribution is 2.51. The Kier molecular flexibility index (Phi) is 3.27. The molecule has 0 spiro atoms. The van der Waals surface area contributed by atoms with Gasteiger partial charge in [-0.15, -0.1) is 0 Å². The van der Waals surface area contributed by atoms with E-state index >= 15 is 0 Å². The van der Waals surface area contributed by atoms with E-state index in [9.17, 15) is 9.90 Å². The number of amides is 1. The van der Waals surface area contributed by atoms with Crippen molar-refractivity contribution in [3.8, 4) is 0 Å². The molecule has 1 aliphatic rings. The summed E-state index contributed by atoms with van der Waals surface area (Å²) in [6, 6.07) is 7.77. The first-order chi connectivity index (χ1) is 8.85. The van der Waals surface area contributed by atoms with Crippen molar-refractivity contribution in [2.24, 2.45) is 17.1 Å². The highest BCUT2D eigenvalue weighted by atomic mass is 16.3. The highest BCUT2D eigenvalue weighted by molar-refractivity contribution is 5.91. The molecule has 2 atom stereocenters. The Morgan fingerprint density at radius 2 is 2.00 bits per heavy atom. The van der Waals surface area contributed by atoms with Crippen molar-refractivity contribution in [3.05, 3.63) is 41.5 Å². The van der Waals surface area contributed by atoms with Crippen molar-refractivity contribution in [1.82, 2.24) is 0 Å². The van der Waals surface area contributed by atoms with Crippen LogP contribution >= 0.6 is 0 Å². The van der Waals surface area contributed by atoms with Crippen molar-refractivity contribution >= 4 is 12.0 Å². The number of rotatable bonds is 2. The summed E-state index contributed by atoms with van der Waals surface area (Å²) in [4.78, 5) is 12.3. The maximum atomic E-state index is 12.3. The van der Waals surface area contributed by atoms with Gasteiger partial charge in [0.1, 0.15) is 0 Å². The summed E-state index contributed by atoms with van der Waals surface area (Å²) >= 11 is 0. The van der Waals surface area contributed by atoms with Gasteiger partial charge < -0.3 is 10.8 Å². The molecule has 2 unspecified atom stereocenters. The number of primary amides is 1. The number of nitrogens with two attached hydrogens (primary N) is 1. The van der Waals surface area contributed by atoms with Crippen LogP contribution < -0.4 is 5.73 Å². The predicted octanol–water partition coefficient (Wildman–Crippen LogP) is 2.09. The van der Waals surface area contributed by atoms with Crippen LogP contribution in [0.3, 0.4) is 0 Å². The largest absolute Gasteiger partial charge is 0.396 e. The van der Waals surface area contributed by atoms with Gasteiger partial charge in [0, 0.05) is 5.92 Å². The summed E-state index contributed by atoms with van der Waals surface area (Å²) in [5, 5.41) is 9.71. The number of hydrogen-bond acceptors (Lipinski definition) is 2. The molecule has 1 amide bonds. The molecule has 2 rings (SSSR count). The predicted molar refractivity (Wildman–Crippen MR) is 76.4 cm³/mol. The van der Waals surface area contributed by atoms with Gasteiger partial charge in [0.15, 0.2) is 0 Å². The van der Waals surface area contributed by atoms with Crippen molar-refractivity contribution in [3.63, 3.8) is 0 Å². The monoisotopic (exact) mass is 259 g/mol. The van der Waals surface area contributed by atoms with Gasteiger partial charge in [-0.05, 0) is 16.5 Å². The first kappa shape index (κ1) is 13.8. The molecule has 0 aromatic heterocycles. The van der Waals surface area contributed by atoms with Gasteiger partial charge in [-0.2, -0.15) is 0 Å². The average Bonchev–Trinajstić information content (AvgIpc) is 2.35. The van der Waals surface area contributed by atoms with Crippen LogP contribution in [0.1, 0.15) is 31.9 Å². The lowest BCUT2D eigenvalue weighted by Gasteiger charge is -2.49. The second-order valence-corrected chi connectivity index (χ2v) is 6.16. The lowest BCUT2D eigenvalue weighted by atomic mass is 9.53. The quantitative estimate of drug-likeness (QED) is 0.854. The van der Waals surface area contributed by atoms with Crippen molar-refractivity contribution in [2.45, 2.75) is 26.2 Å². The Balaban J connectivity index is 2.80. The zero-order valence-electron chi connectivity index (χ0n) is 11.7. The molecule has 3 nitrogen and oxygen atoms in total. The van der Waals surface area contributed by atoms with E-state index in [0.29, 0.717) is 0 Å². The molecule has 1 aromatic rings. The molecular weight excluding hydrogens is 238 g/mol. The molecule has 0 fully saturated rings. The van der Waals surface area contributed by atoms with Crippen LogP contribution in [0.25, 0.3) is 6.08 Å². The van der Waals surface area contributed by atoms with E-state index in [-0.39, 0.29) is 23.8 Å². The molecule has 1 aromatic carbocycles. The van der Waals surface area contributed by atoms with E-state index in [0.717, 1.165) is 11.1 Å². The molecule has 0 heterocycles. The van der Waals surface area contributed by atoms with E-state index in [1.807, 2.05) is 57.2 Å². The van der Waals surface area contributed by atoms with Crippen LogP contribution in [-0.4, -0.2) is 17.6 Å². The highest BCUT2D eigenvalue weighted by Gasteiger charge is 2.54. The number of aliphatic hydroxyl groups is 1. The van der Waals surface area contributed by atoms with Crippen molar-refractivity contribution < 1.29 is 9.90 Å². The maximum absolute atomic E-state index is 12.3. The Labute approximate surface area is 114 Å². The molecule has 0 bridgehead atoms. The maximum Gasteiger partial charge on any atom is 0.229 e. The number of fused-ring (bicyclic) bond motifs is 1. The standard InChI is InChI=1S/C16H21NO2/c1-15(2,3)16(14(17)19)12(10-18)9-8-11-6-4-5-7-13(11)16/h4-9,12,18H,10H2,1-3H3,(H2,17,19). The summed E-state index contributed by atoms with van der Waals surface area (Å²) < 4.78 is 0. The van der Waals surface area contributed by atoms with Crippen LogP contribution in [0.15, 0.2) is 30.3 Å². The Bertz CT molecular complexity index is 528. The summed E-state index contributed by atoms with van der Waals surface area (Å²) in [6.07, 6.45) is 3.86. The van der Waals surface area contributed by atoms with Gasteiger partial charge in [0.05, 0.1) is 12.0 Å². The minimum atomic E-state index is -0.882. The third-order valence-corrected chi connectivity index (χ3v) is 4.22. The molecule has 1 aliphatic carbocycles. The molecule has 0 saturated carbocycles. The van der Waals surface area contributed by atoms with Gasteiger partial charge >= 0.3 is 0 Å². The first-order valence-corrected chi connectivity index (χ1v) is 6.54. The van der Waals surface area contributed by atoms with Crippen molar-refractivity contribution in [2.75, 3.05) is 6.61 Å². The third-order valence-electron chi connectivity index (χ3n) is 4.22. The number of hydrogen-bond donors (Lipinski definition) is 2. The topological polar surface area (TPSA) is 63.3 Å². The molecule has 0 radical (unpaired) electrons. The lowest BCUT2D eigenvalue weighted by molar-refractivity contribution is -0.130. The smallest absolute Gasteiger partial charge is 0.229 e. The first-order valence-electron chi connectivity index (χ1n) is 6.54. The second-order valence-electron chi connectivity index (χ2n) is 6.16. The summed E-state index contributed by atoms with van der Waals surface area (Å²) in [5.41, 5.74) is 6.44. The molecule has 3 N–H and O–H groups in total. The van der Waals surface area contributed by atoms with Crippen LogP contribution in [-0.2, 0) is 10.2 Å². The second kappa shape index (κ2) is 4.49. The van der Waals surface area contributed by atoms with E-state index < -0.39 is 5.41 Å². The third kappa shape index (κ3) is 1.80. The van der Waals surface area contributed by atoms with Gasteiger partial charge in [-0.3, -0.25) is 4.79 Å². The summed E-state index contributed by atoms with van der Waals surface area (Å²) in [5.74, 6) is -0.671. The fourth-order valence-electron chi connectivity index (χ4n) is 3.41. The lowest BCUT2D eigenvalue weighted by Crippen LogP contribution is -2.57. The van der Waals surface area contributed by atoms with E-state index in [1.165, 1.54) is 0 Å². The van der Waals surface area contributed by atoms with Gasteiger partial charge in [0.2, 0.25) is 5.91 Å². The Hall–Kier alpha value is -1.61. The molecule has 0 saturated heterocycles. The number of carbonyl (C=O) groups is 1. The van der Waals surface area contributed by atoms with Gasteiger partial charge in [0.25, 0.3) is 0 Å². The van der Waals surface area contributed by atoms with Crippen LogP contribution in [0.5, 0.6) is 0 Å². The fourth-order valence-corrected chi connectivity index (χ4v) is 3.41. The fraction of sp³-hybridized carbons (Fsp3) is 0.438. The summed E-state index contributed by atoms with van der Waals surface area (Å²) in [7, 11) is 0. The SMILES string of the molecule is CC(C)(C)C1(C(N)=O)c2ccccc2C=CC1CO. The molecule has 0 aliphatic heterocycles. The van der Waals surface area contributed by atoms with Crippen LogP contribution in [0.4, 0.5) is 0 Å². The zero-order chi connectivity index (χ0) is 14.3. The normalized spacial score (nSPS) is 26.0. The minimum Gasteiger partial charge on any atom is -0.396 e. The van der Waals surface area contributed by atoms with Gasteiger partial charge in [-0.1, -0.05) is 57.2 Å². The van der Waals surface area contributed by atoms with Gasteiger partial charge in [-0.25, -0.2) is 0 Å². The average molecular weight is 259 g/mol. The molecular formula is C16H21NO2. The Morgan fingerprint density at radius 3 is 2.53 bits per heavy atom. The number of carbonyl (C=O) groups excluding carboxylic acids is 1. The summed E-state index contributed by atoms with van der Waals surface area (Å²) in [6.45, 7) is 5.90. The minimum absolute atomic E-state index is 0.0922. The Morgan fingerprint density at radius 1 is 1.37 bits per heavy atom. The zero-order valence-corrected chi connectivity index (χ0v) is 11.7. The molecule has 3 heteroatoms. The van der Waals surface area contributed by atoms with Crippen molar-refractivity contribution in [1.29, 1.82) is 0 Å². The number of aliphatic hydroxyl groups excluding tert-OH is 1. The van der Waals surface area contributed by atoms with E-state index in [1.54, 1.807) is 0 Å². The molecule has 102 valence electrons. The number of benzene rings is 1. The van der Waals surface area contributed by atoms with E-state index in [4.69, 9.17) is 5.73 Å². The van der Waals surface area contributed by atoms with Crippen LogP contribution in [0, 0.1) is 11.3 Å². The molecule has 19 heavy (non-hydrogen) atoms. The van der Waals surface area contributed by atoms with Crippen LogP contribution in [0.2, 0.25) is 0 Å².